The van der Waals surface area contributed by atoms with Crippen LogP contribution >= 0.6 is 34.8 Å². The predicted molar refractivity (Wildman–Crippen MR) is 123 cm³/mol. The van der Waals surface area contributed by atoms with E-state index in [-0.39, 0.29) is 18.2 Å². The van der Waals surface area contributed by atoms with E-state index < -0.39 is 6.29 Å². The Bertz CT molecular complexity index is 1130. The Balaban J connectivity index is 1.40. The summed E-state index contributed by atoms with van der Waals surface area (Å²) >= 11 is 17.8. The first-order chi connectivity index (χ1) is 14.9. The molecule has 2 aromatic carbocycles. The van der Waals surface area contributed by atoms with Crippen LogP contribution in [0, 0.1) is 0 Å². The standard InChI is InChI=1S/C22H17Cl3N4O2/c23-16-4-1-13(2-5-16)9-20(30)29-8-7-19-15(12-29)11-26-22(27-19)28-21(31)14-3-6-17(24)18(25)10-14/h1-6,10-12,22H,7-9H2,(H,28,31). The summed E-state index contributed by atoms with van der Waals surface area (Å²) in [6.45, 7) is 0.510. The lowest BCUT2D eigenvalue weighted by atomic mass is 10.0. The Labute approximate surface area is 194 Å². The summed E-state index contributed by atoms with van der Waals surface area (Å²) in [6, 6.07) is 11.9. The van der Waals surface area contributed by atoms with E-state index in [4.69, 9.17) is 34.8 Å². The highest BCUT2D eigenvalue weighted by molar-refractivity contribution is 6.42. The molecule has 1 atom stereocenters. The molecule has 2 aliphatic heterocycles. The fraction of sp³-hybridized carbons (Fsp3) is 0.182. The highest BCUT2D eigenvalue weighted by Crippen LogP contribution is 2.23. The van der Waals surface area contributed by atoms with E-state index in [1.807, 2.05) is 12.1 Å². The van der Waals surface area contributed by atoms with Gasteiger partial charge in [-0.2, -0.15) is 0 Å². The van der Waals surface area contributed by atoms with Crippen LogP contribution in [0.2, 0.25) is 15.1 Å². The number of aliphatic imine (C=N–C) groups is 2. The maximum Gasteiger partial charge on any atom is 0.254 e. The van der Waals surface area contributed by atoms with Crippen molar-refractivity contribution in [2.45, 2.75) is 19.1 Å². The number of hydrogen-bond donors (Lipinski definition) is 1. The Morgan fingerprint density at radius 3 is 2.58 bits per heavy atom. The summed E-state index contributed by atoms with van der Waals surface area (Å²) in [4.78, 5) is 35.5. The van der Waals surface area contributed by atoms with Gasteiger partial charge in [0.05, 0.1) is 22.2 Å². The van der Waals surface area contributed by atoms with Gasteiger partial charge in [0, 0.05) is 41.5 Å². The summed E-state index contributed by atoms with van der Waals surface area (Å²) in [7, 11) is 0. The van der Waals surface area contributed by atoms with Crippen molar-refractivity contribution in [2.75, 3.05) is 6.54 Å². The van der Waals surface area contributed by atoms with Gasteiger partial charge in [-0.3, -0.25) is 9.59 Å². The fourth-order valence-corrected chi connectivity index (χ4v) is 3.66. The molecule has 0 aromatic heterocycles. The van der Waals surface area contributed by atoms with E-state index >= 15 is 0 Å². The van der Waals surface area contributed by atoms with Crippen LogP contribution in [0.5, 0.6) is 0 Å². The zero-order valence-electron chi connectivity index (χ0n) is 16.2. The van der Waals surface area contributed by atoms with Gasteiger partial charge in [0.1, 0.15) is 0 Å². The average molecular weight is 476 g/mol. The third-order valence-electron chi connectivity index (χ3n) is 4.88. The second-order valence-electron chi connectivity index (χ2n) is 7.05. The molecule has 0 aliphatic carbocycles. The van der Waals surface area contributed by atoms with Crippen molar-refractivity contribution in [3.8, 4) is 0 Å². The van der Waals surface area contributed by atoms with Gasteiger partial charge in [0.15, 0.2) is 0 Å². The van der Waals surface area contributed by atoms with E-state index in [1.165, 1.54) is 6.07 Å². The second-order valence-corrected chi connectivity index (χ2v) is 8.31. The second kappa shape index (κ2) is 9.22. The smallest absolute Gasteiger partial charge is 0.254 e. The molecule has 158 valence electrons. The number of nitrogens with one attached hydrogen (secondary N) is 1. The van der Waals surface area contributed by atoms with Gasteiger partial charge < -0.3 is 10.2 Å². The number of nitrogens with zero attached hydrogens (tertiary/aromatic N) is 3. The van der Waals surface area contributed by atoms with Crippen molar-refractivity contribution in [1.29, 1.82) is 0 Å². The molecule has 0 saturated carbocycles. The Morgan fingerprint density at radius 1 is 1.06 bits per heavy atom. The van der Waals surface area contributed by atoms with Gasteiger partial charge >= 0.3 is 0 Å². The van der Waals surface area contributed by atoms with Crippen molar-refractivity contribution < 1.29 is 9.59 Å². The number of carbonyl (C=O) groups is 2. The first kappa shape index (κ1) is 21.6. The molecule has 2 aromatic rings. The van der Waals surface area contributed by atoms with Gasteiger partial charge in [-0.15, -0.1) is 0 Å². The average Bonchev–Trinajstić information content (AvgIpc) is 2.76. The van der Waals surface area contributed by atoms with Gasteiger partial charge in [-0.1, -0.05) is 46.9 Å². The number of allylic oxidation sites excluding steroid dienone is 1. The van der Waals surface area contributed by atoms with E-state index in [9.17, 15) is 9.59 Å². The van der Waals surface area contributed by atoms with Crippen LogP contribution in [0.1, 0.15) is 22.3 Å². The van der Waals surface area contributed by atoms with Crippen molar-refractivity contribution in [2.24, 2.45) is 9.98 Å². The third-order valence-corrected chi connectivity index (χ3v) is 5.87. The van der Waals surface area contributed by atoms with Crippen LogP contribution in [-0.4, -0.2) is 41.5 Å². The van der Waals surface area contributed by atoms with Crippen LogP contribution in [0.25, 0.3) is 0 Å². The van der Waals surface area contributed by atoms with Crippen LogP contribution in [0.3, 0.4) is 0 Å². The zero-order valence-corrected chi connectivity index (χ0v) is 18.5. The molecule has 6 nitrogen and oxygen atoms in total. The number of halogens is 3. The van der Waals surface area contributed by atoms with E-state index in [2.05, 4.69) is 15.3 Å². The topological polar surface area (TPSA) is 74.1 Å². The molecule has 0 radical (unpaired) electrons. The molecule has 0 fully saturated rings. The minimum absolute atomic E-state index is 0.0164. The highest BCUT2D eigenvalue weighted by atomic mass is 35.5. The molecule has 2 amide bonds. The van der Waals surface area contributed by atoms with Gasteiger partial charge in [0.25, 0.3) is 5.91 Å². The van der Waals surface area contributed by atoms with E-state index in [0.717, 1.165) is 16.8 Å². The molecular formula is C22H17Cl3N4O2. The predicted octanol–water partition coefficient (Wildman–Crippen LogP) is 4.54. The quantitative estimate of drug-likeness (QED) is 0.705. The minimum atomic E-state index is -0.731. The van der Waals surface area contributed by atoms with Gasteiger partial charge in [-0.05, 0) is 35.9 Å². The van der Waals surface area contributed by atoms with Gasteiger partial charge in [-0.25, -0.2) is 9.98 Å². The Hall–Kier alpha value is -2.67. The van der Waals surface area contributed by atoms with Crippen molar-refractivity contribution in [1.82, 2.24) is 10.2 Å². The molecule has 1 unspecified atom stereocenters. The lowest BCUT2D eigenvalue weighted by molar-refractivity contribution is -0.127. The zero-order chi connectivity index (χ0) is 22.0. The largest absolute Gasteiger partial charge is 0.318 e. The fourth-order valence-electron chi connectivity index (χ4n) is 3.24. The van der Waals surface area contributed by atoms with Crippen molar-refractivity contribution in [3.05, 3.63) is 80.4 Å². The minimum Gasteiger partial charge on any atom is -0.318 e. The molecule has 9 heteroatoms. The number of amides is 2. The number of benzene rings is 2. The molecule has 1 N–H and O–H groups in total. The number of hydrogen-bond acceptors (Lipinski definition) is 4. The van der Waals surface area contributed by atoms with Crippen LogP contribution in [0.4, 0.5) is 0 Å². The molecule has 4 rings (SSSR count). The Kier molecular flexibility index (Phi) is 6.41. The molecule has 31 heavy (non-hydrogen) atoms. The Morgan fingerprint density at radius 2 is 1.84 bits per heavy atom. The summed E-state index contributed by atoms with van der Waals surface area (Å²) < 4.78 is 0. The monoisotopic (exact) mass is 474 g/mol. The summed E-state index contributed by atoms with van der Waals surface area (Å²) in [5.41, 5.74) is 2.82. The first-order valence-electron chi connectivity index (χ1n) is 9.51. The SMILES string of the molecule is O=C(NC1N=CC2=CN(C(=O)Cc3ccc(Cl)cc3)CCC2=N1)c1ccc(Cl)c(Cl)c1. The summed E-state index contributed by atoms with van der Waals surface area (Å²) in [5, 5.41) is 4.05. The highest BCUT2D eigenvalue weighted by Gasteiger charge is 2.24. The molecule has 0 saturated heterocycles. The number of fused-ring (bicyclic) bond motifs is 1. The normalized spacial score (nSPS) is 17.5. The van der Waals surface area contributed by atoms with Crippen LogP contribution < -0.4 is 5.32 Å². The van der Waals surface area contributed by atoms with Crippen molar-refractivity contribution in [3.63, 3.8) is 0 Å². The van der Waals surface area contributed by atoms with E-state index in [1.54, 1.807) is 41.6 Å². The third kappa shape index (κ3) is 5.15. The maximum absolute atomic E-state index is 12.6. The van der Waals surface area contributed by atoms with Crippen LogP contribution in [0.15, 0.2) is 64.2 Å². The first-order valence-corrected chi connectivity index (χ1v) is 10.6. The van der Waals surface area contributed by atoms with E-state index in [0.29, 0.717) is 33.6 Å². The molecule has 2 aliphatic rings. The molecule has 0 bridgehead atoms. The molecule has 2 heterocycles. The molecule has 0 spiro atoms. The summed E-state index contributed by atoms with van der Waals surface area (Å²) in [5.74, 6) is -0.370. The summed E-state index contributed by atoms with van der Waals surface area (Å²) in [6.07, 6.45) is 3.51. The van der Waals surface area contributed by atoms with Gasteiger partial charge in [0.2, 0.25) is 12.2 Å². The molecular weight excluding hydrogens is 459 g/mol. The number of rotatable bonds is 4. The lowest BCUT2D eigenvalue weighted by Crippen LogP contribution is -2.39. The number of carbonyl (C=O) groups excluding carboxylic acids is 2. The maximum atomic E-state index is 12.6. The lowest BCUT2D eigenvalue weighted by Gasteiger charge is -2.27. The van der Waals surface area contributed by atoms with Crippen molar-refractivity contribution >= 4 is 58.5 Å². The van der Waals surface area contributed by atoms with Crippen LogP contribution in [-0.2, 0) is 11.2 Å².